The topological polar surface area (TPSA) is 46.9 Å². The third kappa shape index (κ3) is 4.98. The fraction of sp³-hybridized carbons (Fsp3) is 0.364. The van der Waals surface area contributed by atoms with E-state index in [2.05, 4.69) is 13.0 Å². The molecule has 1 aromatic heterocycles. The van der Waals surface area contributed by atoms with Crippen molar-refractivity contribution < 1.29 is 18.8 Å². The molecule has 2 heterocycles. The van der Waals surface area contributed by atoms with Gasteiger partial charge in [0.25, 0.3) is 0 Å². The number of nitrogens with one attached hydrogen (secondary N) is 1. The molecule has 1 amide bonds. The summed E-state index contributed by atoms with van der Waals surface area (Å²) in [5.41, 5.74) is 2.89. The van der Waals surface area contributed by atoms with Crippen molar-refractivity contribution in [3.8, 4) is 0 Å². The number of ether oxygens (including phenoxy) is 1. The molecule has 0 unspecified atom stereocenters. The number of hydrogen-bond acceptors (Lipinski definition) is 4. The van der Waals surface area contributed by atoms with Gasteiger partial charge in [0.1, 0.15) is 18.9 Å². The molecule has 7 heteroatoms. The number of rotatable bonds is 6. The number of quaternary nitrogens is 1. The van der Waals surface area contributed by atoms with Gasteiger partial charge in [-0.15, -0.1) is 0 Å². The molecule has 3 aromatic rings. The molecule has 1 saturated heterocycles. The van der Waals surface area contributed by atoms with E-state index in [1.54, 1.807) is 28.4 Å². The number of nitrogens with zero attached hydrogens (tertiary/aromatic N) is 2. The molecule has 1 aliphatic heterocycles. The number of hydrogen-bond donors (Lipinski definition) is 1. The fourth-order valence-electron chi connectivity index (χ4n) is 3.51. The van der Waals surface area contributed by atoms with Crippen molar-refractivity contribution in [3.63, 3.8) is 0 Å². The Morgan fingerprint density at radius 2 is 1.97 bits per heavy atom. The first-order chi connectivity index (χ1) is 14.1. The van der Waals surface area contributed by atoms with E-state index in [9.17, 15) is 9.18 Å². The van der Waals surface area contributed by atoms with Gasteiger partial charge in [0.15, 0.2) is 5.13 Å². The summed E-state index contributed by atoms with van der Waals surface area (Å²) in [4.78, 5) is 21.1. The second kappa shape index (κ2) is 8.98. The summed E-state index contributed by atoms with van der Waals surface area (Å²) in [7, 11) is 0. The normalized spacial score (nSPS) is 15.0. The van der Waals surface area contributed by atoms with E-state index in [0.29, 0.717) is 6.54 Å². The lowest BCUT2D eigenvalue weighted by atomic mass is 10.1. The molecule has 2 aromatic carbocycles. The van der Waals surface area contributed by atoms with E-state index in [4.69, 9.17) is 9.72 Å². The van der Waals surface area contributed by atoms with E-state index in [1.165, 1.54) is 22.6 Å². The zero-order chi connectivity index (χ0) is 20.2. The number of halogens is 1. The molecule has 0 spiro atoms. The van der Waals surface area contributed by atoms with Crippen LogP contribution < -0.4 is 9.80 Å². The van der Waals surface area contributed by atoms with Crippen molar-refractivity contribution in [1.29, 1.82) is 0 Å². The third-order valence-electron chi connectivity index (χ3n) is 5.22. The highest BCUT2D eigenvalue weighted by atomic mass is 32.1. The first-order valence-corrected chi connectivity index (χ1v) is 10.7. The minimum atomic E-state index is -0.296. The molecule has 0 atom stereocenters. The number of thiazole rings is 1. The van der Waals surface area contributed by atoms with Gasteiger partial charge in [-0.05, 0) is 42.3 Å². The quantitative estimate of drug-likeness (QED) is 0.673. The summed E-state index contributed by atoms with van der Waals surface area (Å²) >= 11 is 1.55. The van der Waals surface area contributed by atoms with Crippen LogP contribution >= 0.6 is 11.3 Å². The summed E-state index contributed by atoms with van der Waals surface area (Å²) < 4.78 is 19.7. The molecule has 1 aliphatic rings. The van der Waals surface area contributed by atoms with E-state index in [-0.39, 0.29) is 18.1 Å². The van der Waals surface area contributed by atoms with Gasteiger partial charge in [0, 0.05) is 0 Å². The molecule has 0 saturated carbocycles. The maximum atomic E-state index is 13.2. The second-order valence-electron chi connectivity index (χ2n) is 7.43. The number of carbonyl (C=O) groups excluding carboxylic acids is 1. The lowest BCUT2D eigenvalue weighted by Crippen LogP contribution is -3.14. The molecule has 1 fully saturated rings. The number of amides is 1. The molecular formula is C22H25FN3O2S+. The van der Waals surface area contributed by atoms with Crippen LogP contribution in [-0.4, -0.2) is 50.3 Å². The summed E-state index contributed by atoms with van der Waals surface area (Å²) in [6.45, 7) is 6.95. The molecule has 5 nitrogen and oxygen atoms in total. The fourth-order valence-corrected chi connectivity index (χ4v) is 4.62. The number of fused-ring (bicyclic) bond motifs is 1. The Morgan fingerprint density at radius 3 is 2.72 bits per heavy atom. The number of benzene rings is 2. The standard InChI is InChI=1S/C22H24FN3O2S/c1-16-2-7-19-20(14-16)29-22(24-19)26(9-8-25-10-12-28-13-11-25)21(27)15-17-3-5-18(23)6-4-17/h2-7,14H,8-13,15H2,1H3/p+1. The van der Waals surface area contributed by atoms with Crippen molar-refractivity contribution in [2.24, 2.45) is 0 Å². The Bertz CT molecular complexity index is 983. The zero-order valence-electron chi connectivity index (χ0n) is 16.5. The predicted molar refractivity (Wildman–Crippen MR) is 113 cm³/mol. The summed E-state index contributed by atoms with van der Waals surface area (Å²) in [5, 5.41) is 0.727. The smallest absolute Gasteiger partial charge is 0.233 e. The van der Waals surface area contributed by atoms with Crippen LogP contribution in [-0.2, 0) is 16.0 Å². The highest BCUT2D eigenvalue weighted by Gasteiger charge is 2.23. The highest BCUT2D eigenvalue weighted by molar-refractivity contribution is 7.22. The van der Waals surface area contributed by atoms with Crippen LogP contribution in [0.15, 0.2) is 42.5 Å². The van der Waals surface area contributed by atoms with Crippen molar-refractivity contribution in [3.05, 3.63) is 59.4 Å². The summed E-state index contributed by atoms with van der Waals surface area (Å²) in [6, 6.07) is 12.3. The largest absolute Gasteiger partial charge is 0.370 e. The number of aryl methyl sites for hydroxylation is 1. The van der Waals surface area contributed by atoms with Gasteiger partial charge in [0.05, 0.1) is 42.9 Å². The molecular weight excluding hydrogens is 389 g/mol. The molecule has 29 heavy (non-hydrogen) atoms. The van der Waals surface area contributed by atoms with Gasteiger partial charge in [-0.2, -0.15) is 0 Å². The van der Waals surface area contributed by atoms with Gasteiger partial charge in [-0.1, -0.05) is 29.5 Å². The van der Waals surface area contributed by atoms with Crippen LogP contribution in [0.4, 0.5) is 9.52 Å². The Balaban J connectivity index is 1.56. The maximum absolute atomic E-state index is 13.2. The first kappa shape index (κ1) is 19.9. The van der Waals surface area contributed by atoms with E-state index in [0.717, 1.165) is 53.8 Å². The van der Waals surface area contributed by atoms with Crippen LogP contribution in [0.3, 0.4) is 0 Å². The summed E-state index contributed by atoms with van der Waals surface area (Å²) in [5.74, 6) is -0.310. The Labute approximate surface area is 173 Å². The van der Waals surface area contributed by atoms with Crippen molar-refractivity contribution in [2.45, 2.75) is 13.3 Å². The van der Waals surface area contributed by atoms with Crippen LogP contribution in [0.1, 0.15) is 11.1 Å². The average Bonchev–Trinajstić information content (AvgIpc) is 3.13. The van der Waals surface area contributed by atoms with Gasteiger partial charge >= 0.3 is 0 Å². The minimum absolute atomic E-state index is 0.0138. The lowest BCUT2D eigenvalue weighted by Gasteiger charge is -2.27. The SMILES string of the molecule is Cc1ccc2nc(N(CC[NH+]3CCOCC3)C(=O)Cc3ccc(F)cc3)sc2c1. The Morgan fingerprint density at radius 1 is 1.21 bits per heavy atom. The van der Waals surface area contributed by atoms with Crippen molar-refractivity contribution >= 4 is 32.6 Å². The number of morpholine rings is 1. The molecule has 0 bridgehead atoms. The van der Waals surface area contributed by atoms with Crippen LogP contribution in [0.5, 0.6) is 0 Å². The first-order valence-electron chi connectivity index (χ1n) is 9.92. The van der Waals surface area contributed by atoms with Crippen LogP contribution in [0, 0.1) is 12.7 Å². The lowest BCUT2D eigenvalue weighted by molar-refractivity contribution is -0.906. The molecule has 1 N–H and O–H groups in total. The minimum Gasteiger partial charge on any atom is -0.370 e. The van der Waals surface area contributed by atoms with Gasteiger partial charge < -0.3 is 9.64 Å². The van der Waals surface area contributed by atoms with Crippen LogP contribution in [0.2, 0.25) is 0 Å². The van der Waals surface area contributed by atoms with E-state index < -0.39 is 0 Å². The summed E-state index contributed by atoms with van der Waals surface area (Å²) in [6.07, 6.45) is 0.230. The molecule has 0 radical (unpaired) electrons. The Hall–Kier alpha value is -2.35. The highest BCUT2D eigenvalue weighted by Crippen LogP contribution is 2.29. The molecule has 152 valence electrons. The van der Waals surface area contributed by atoms with E-state index >= 15 is 0 Å². The Kier molecular flexibility index (Phi) is 6.18. The zero-order valence-corrected chi connectivity index (χ0v) is 17.3. The predicted octanol–water partition coefficient (Wildman–Crippen LogP) is 2.23. The van der Waals surface area contributed by atoms with Gasteiger partial charge in [0.2, 0.25) is 5.91 Å². The second-order valence-corrected chi connectivity index (χ2v) is 8.44. The molecule has 4 rings (SSSR count). The van der Waals surface area contributed by atoms with Crippen LogP contribution in [0.25, 0.3) is 10.2 Å². The number of anilines is 1. The maximum Gasteiger partial charge on any atom is 0.233 e. The van der Waals surface area contributed by atoms with Crippen molar-refractivity contribution in [1.82, 2.24) is 4.98 Å². The number of aromatic nitrogens is 1. The van der Waals surface area contributed by atoms with Crippen molar-refractivity contribution in [2.75, 3.05) is 44.3 Å². The third-order valence-corrected chi connectivity index (χ3v) is 6.26. The number of carbonyl (C=O) groups is 1. The molecule has 0 aliphatic carbocycles. The van der Waals surface area contributed by atoms with E-state index in [1.807, 2.05) is 12.1 Å². The monoisotopic (exact) mass is 414 g/mol. The van der Waals surface area contributed by atoms with Gasteiger partial charge in [-0.25, -0.2) is 9.37 Å². The average molecular weight is 415 g/mol. The van der Waals surface area contributed by atoms with Gasteiger partial charge in [-0.3, -0.25) is 9.69 Å².